The van der Waals surface area contributed by atoms with E-state index in [1.54, 1.807) is 6.92 Å². The second kappa shape index (κ2) is 7.73. The Labute approximate surface area is 157 Å². The normalized spacial score (nSPS) is 14.7. The Kier molecular flexibility index (Phi) is 5.59. The molecule has 1 aromatic heterocycles. The zero-order chi connectivity index (χ0) is 18.7. The number of hydrogen-bond donors (Lipinski definition) is 1. The maximum absolute atomic E-state index is 12.1. The molecule has 3 rings (SSSR count). The molecule has 0 atom stereocenters. The first-order chi connectivity index (χ1) is 12.4. The number of aryl methyl sites for hydroxylation is 1. The lowest BCUT2D eigenvalue weighted by atomic mass is 10.2. The molecule has 0 saturated heterocycles. The summed E-state index contributed by atoms with van der Waals surface area (Å²) in [5.74, 6) is 0.458. The number of nitrogens with one attached hydrogen (secondary N) is 1. The maximum Gasteiger partial charge on any atom is 0.264 e. The fourth-order valence-electron chi connectivity index (χ4n) is 2.66. The van der Waals surface area contributed by atoms with Gasteiger partial charge >= 0.3 is 0 Å². The van der Waals surface area contributed by atoms with E-state index in [9.17, 15) is 13.2 Å². The monoisotopic (exact) mass is 395 g/mol. The van der Waals surface area contributed by atoms with Gasteiger partial charge in [0.05, 0.1) is 11.4 Å². The van der Waals surface area contributed by atoms with Crippen molar-refractivity contribution >= 4 is 32.4 Å². The number of nitrogens with zero attached hydrogens (tertiary/aromatic N) is 2. The second-order valence-electron chi connectivity index (χ2n) is 5.98. The summed E-state index contributed by atoms with van der Waals surface area (Å²) in [5, 5.41) is 3.21. The van der Waals surface area contributed by atoms with Crippen molar-refractivity contribution in [3.63, 3.8) is 0 Å². The van der Waals surface area contributed by atoms with Crippen molar-refractivity contribution in [3.8, 4) is 5.75 Å². The Morgan fingerprint density at radius 3 is 2.88 bits per heavy atom. The number of fused-ring (bicyclic) bond motifs is 1. The Bertz CT molecular complexity index is 908. The van der Waals surface area contributed by atoms with E-state index in [0.29, 0.717) is 30.4 Å². The van der Waals surface area contributed by atoms with Crippen LogP contribution < -0.4 is 10.1 Å². The van der Waals surface area contributed by atoms with Gasteiger partial charge in [-0.05, 0) is 25.5 Å². The van der Waals surface area contributed by atoms with Gasteiger partial charge in [0.2, 0.25) is 10.0 Å². The minimum atomic E-state index is -3.22. The molecule has 1 amide bonds. The first kappa shape index (κ1) is 18.8. The molecule has 1 aromatic carbocycles. The van der Waals surface area contributed by atoms with Crippen molar-refractivity contribution in [2.75, 3.05) is 24.2 Å². The molecule has 9 heteroatoms. The molecule has 1 aliphatic rings. The van der Waals surface area contributed by atoms with E-state index in [-0.39, 0.29) is 18.3 Å². The van der Waals surface area contributed by atoms with Crippen LogP contribution in [0.3, 0.4) is 0 Å². The maximum atomic E-state index is 12.1. The second-order valence-corrected chi connectivity index (χ2v) is 9.32. The Balaban J connectivity index is 1.60. The molecule has 0 spiro atoms. The fraction of sp³-hybridized carbons (Fsp3) is 0.412. The summed E-state index contributed by atoms with van der Waals surface area (Å²) in [6.45, 7) is 4.19. The zero-order valence-electron chi connectivity index (χ0n) is 14.7. The quantitative estimate of drug-likeness (QED) is 0.810. The molecule has 0 saturated carbocycles. The van der Waals surface area contributed by atoms with Crippen molar-refractivity contribution in [2.24, 2.45) is 0 Å². The summed E-state index contributed by atoms with van der Waals surface area (Å²) in [6, 6.07) is 7.49. The highest BCUT2D eigenvalue weighted by molar-refractivity contribution is 7.89. The van der Waals surface area contributed by atoms with Crippen LogP contribution >= 0.6 is 11.3 Å². The molecule has 0 aliphatic carbocycles. The van der Waals surface area contributed by atoms with Crippen molar-refractivity contribution < 1.29 is 17.9 Å². The lowest BCUT2D eigenvalue weighted by Gasteiger charge is -2.24. The van der Waals surface area contributed by atoms with Crippen LogP contribution in [0.1, 0.15) is 23.1 Å². The van der Waals surface area contributed by atoms with E-state index in [2.05, 4.69) is 10.3 Å². The number of para-hydroxylation sites is 1. The van der Waals surface area contributed by atoms with Crippen LogP contribution in [0.5, 0.6) is 5.75 Å². The Morgan fingerprint density at radius 2 is 2.15 bits per heavy atom. The lowest BCUT2D eigenvalue weighted by molar-refractivity contribution is -0.118. The summed E-state index contributed by atoms with van der Waals surface area (Å²) < 4.78 is 31.0. The third kappa shape index (κ3) is 4.22. The molecule has 0 bridgehead atoms. The van der Waals surface area contributed by atoms with Crippen LogP contribution in [-0.4, -0.2) is 42.5 Å². The highest BCUT2D eigenvalue weighted by Crippen LogP contribution is 2.29. The van der Waals surface area contributed by atoms with Crippen molar-refractivity contribution in [1.29, 1.82) is 0 Å². The highest BCUT2D eigenvalue weighted by Gasteiger charge is 2.28. The van der Waals surface area contributed by atoms with Gasteiger partial charge < -0.3 is 4.74 Å². The Hall–Kier alpha value is -1.97. The van der Waals surface area contributed by atoms with Gasteiger partial charge in [-0.1, -0.05) is 18.2 Å². The molecule has 2 heterocycles. The van der Waals surface area contributed by atoms with Gasteiger partial charge in [-0.2, -0.15) is 4.31 Å². The Morgan fingerprint density at radius 1 is 1.38 bits per heavy atom. The molecule has 1 N–H and O–H groups in total. The van der Waals surface area contributed by atoms with Gasteiger partial charge in [0.15, 0.2) is 11.7 Å². The fourth-order valence-corrected chi connectivity index (χ4v) is 4.84. The van der Waals surface area contributed by atoms with Crippen LogP contribution in [0.2, 0.25) is 0 Å². The third-order valence-electron chi connectivity index (χ3n) is 4.15. The number of benzene rings is 1. The predicted octanol–water partition coefficient (Wildman–Crippen LogP) is 2.18. The van der Waals surface area contributed by atoms with E-state index >= 15 is 0 Å². The van der Waals surface area contributed by atoms with Gasteiger partial charge in [0, 0.05) is 24.4 Å². The molecule has 0 fully saturated rings. The molecular formula is C17H21N3O4S2. The predicted molar refractivity (Wildman–Crippen MR) is 101 cm³/mol. The lowest BCUT2D eigenvalue weighted by Crippen LogP contribution is -2.36. The van der Waals surface area contributed by atoms with Crippen LogP contribution in [0.25, 0.3) is 0 Å². The van der Waals surface area contributed by atoms with E-state index in [4.69, 9.17) is 4.74 Å². The largest absolute Gasteiger partial charge is 0.483 e. The van der Waals surface area contributed by atoms with Gasteiger partial charge in [-0.15, -0.1) is 11.3 Å². The summed E-state index contributed by atoms with van der Waals surface area (Å²) in [6.07, 6.45) is 0.556. The number of aromatic nitrogens is 1. The topological polar surface area (TPSA) is 88.6 Å². The number of hydrogen-bond acceptors (Lipinski definition) is 6. The number of thiazole rings is 1. The molecule has 0 unspecified atom stereocenters. The molecule has 0 radical (unpaired) electrons. The number of sulfonamides is 1. The number of anilines is 1. The van der Waals surface area contributed by atoms with Gasteiger partial charge in [-0.3, -0.25) is 10.1 Å². The van der Waals surface area contributed by atoms with Crippen LogP contribution in [0.4, 0.5) is 5.13 Å². The first-order valence-corrected chi connectivity index (χ1v) is 10.8. The molecule has 26 heavy (non-hydrogen) atoms. The van der Waals surface area contributed by atoms with Crippen molar-refractivity contribution in [2.45, 2.75) is 26.8 Å². The molecule has 2 aromatic rings. The molecule has 140 valence electrons. The number of amides is 1. The molecule has 1 aliphatic heterocycles. The minimum Gasteiger partial charge on any atom is -0.483 e. The van der Waals surface area contributed by atoms with Gasteiger partial charge in [0.1, 0.15) is 5.75 Å². The molecular weight excluding hydrogens is 374 g/mol. The van der Waals surface area contributed by atoms with E-state index in [1.807, 2.05) is 31.2 Å². The minimum absolute atomic E-state index is 0.0843. The molecule has 7 nitrogen and oxygen atoms in total. The number of rotatable bonds is 6. The zero-order valence-corrected chi connectivity index (χ0v) is 16.3. The van der Waals surface area contributed by atoms with Gasteiger partial charge in [-0.25, -0.2) is 13.4 Å². The number of carbonyl (C=O) groups is 1. The SMILES string of the molecule is CCS(=O)(=O)N1CCc2nc(NC(=O)COc3ccccc3C)sc2C1. The number of ether oxygens (including phenoxy) is 1. The van der Waals surface area contributed by atoms with Crippen molar-refractivity contribution in [3.05, 3.63) is 40.4 Å². The van der Waals surface area contributed by atoms with Crippen LogP contribution in [0.15, 0.2) is 24.3 Å². The number of carbonyl (C=O) groups excluding carboxylic acids is 1. The summed E-state index contributed by atoms with van der Waals surface area (Å²) >= 11 is 1.31. The summed E-state index contributed by atoms with van der Waals surface area (Å²) in [5.41, 5.74) is 1.81. The van der Waals surface area contributed by atoms with Gasteiger partial charge in [0.25, 0.3) is 5.91 Å². The van der Waals surface area contributed by atoms with Crippen LogP contribution in [0, 0.1) is 6.92 Å². The van der Waals surface area contributed by atoms with E-state index < -0.39 is 10.0 Å². The average molecular weight is 396 g/mol. The van der Waals surface area contributed by atoms with Crippen molar-refractivity contribution in [1.82, 2.24) is 9.29 Å². The standard InChI is InChI=1S/C17H21N3O4S2/c1-3-26(22,23)20-9-8-13-15(10-20)25-17(18-13)19-16(21)11-24-14-7-5-4-6-12(14)2/h4-7H,3,8-11H2,1-2H3,(H,18,19,21). The average Bonchev–Trinajstić information content (AvgIpc) is 3.02. The van der Waals surface area contributed by atoms with Crippen LogP contribution in [-0.2, 0) is 27.8 Å². The summed E-state index contributed by atoms with van der Waals surface area (Å²) in [4.78, 5) is 17.4. The first-order valence-electron chi connectivity index (χ1n) is 8.33. The smallest absolute Gasteiger partial charge is 0.264 e. The summed E-state index contributed by atoms with van der Waals surface area (Å²) in [7, 11) is -3.22. The highest BCUT2D eigenvalue weighted by atomic mass is 32.2. The van der Waals surface area contributed by atoms with E-state index in [1.165, 1.54) is 15.6 Å². The van der Waals surface area contributed by atoms with E-state index in [0.717, 1.165) is 16.1 Å². The third-order valence-corrected chi connectivity index (χ3v) is 6.98.